The summed E-state index contributed by atoms with van der Waals surface area (Å²) < 4.78 is 4.84. The van der Waals surface area contributed by atoms with Gasteiger partial charge in [0.05, 0.1) is 13.0 Å². The molecule has 3 atom stereocenters. The predicted molar refractivity (Wildman–Crippen MR) is 101 cm³/mol. The number of nitrogens with one attached hydrogen (secondary N) is 1. The summed E-state index contributed by atoms with van der Waals surface area (Å²) >= 11 is 0. The van der Waals surface area contributed by atoms with Crippen LogP contribution < -0.4 is 5.32 Å². The number of carbonyl (C=O) groups excluding carboxylic acids is 2. The lowest BCUT2D eigenvalue weighted by molar-refractivity contribution is -0.146. The van der Waals surface area contributed by atoms with Gasteiger partial charge in [0, 0.05) is 11.8 Å². The highest BCUT2D eigenvalue weighted by Crippen LogP contribution is 2.60. The van der Waals surface area contributed by atoms with Gasteiger partial charge in [-0.1, -0.05) is 74.5 Å². The van der Waals surface area contributed by atoms with Crippen LogP contribution in [0, 0.1) is 11.8 Å². The Morgan fingerprint density at radius 3 is 1.73 bits per heavy atom. The Morgan fingerprint density at radius 1 is 0.885 bits per heavy atom. The van der Waals surface area contributed by atoms with Crippen LogP contribution in [0.4, 0.5) is 0 Å². The van der Waals surface area contributed by atoms with E-state index in [-0.39, 0.29) is 29.6 Å². The largest absolute Gasteiger partial charge is 0.467 e. The van der Waals surface area contributed by atoms with Crippen LogP contribution in [0.25, 0.3) is 0 Å². The Labute approximate surface area is 154 Å². The van der Waals surface area contributed by atoms with E-state index in [1.165, 1.54) is 7.11 Å². The molecule has 26 heavy (non-hydrogen) atoms. The molecule has 1 N–H and O–H groups in total. The van der Waals surface area contributed by atoms with Gasteiger partial charge in [-0.2, -0.15) is 0 Å². The third-order valence-corrected chi connectivity index (χ3v) is 5.11. The molecule has 2 aromatic rings. The highest BCUT2D eigenvalue weighted by molar-refractivity contribution is 5.89. The van der Waals surface area contributed by atoms with Gasteiger partial charge in [-0.15, -0.1) is 0 Å². The van der Waals surface area contributed by atoms with Gasteiger partial charge in [0.2, 0.25) is 5.91 Å². The minimum atomic E-state index is -0.624. The minimum absolute atomic E-state index is 0.0319. The first kappa shape index (κ1) is 18.2. The summed E-state index contributed by atoms with van der Waals surface area (Å²) in [5.74, 6) is -0.437. The molecule has 2 aromatic carbocycles. The summed E-state index contributed by atoms with van der Waals surface area (Å²) in [7, 11) is 1.35. The van der Waals surface area contributed by atoms with Crippen LogP contribution in [0.2, 0.25) is 0 Å². The fraction of sp³-hybridized carbons (Fsp3) is 0.364. The van der Waals surface area contributed by atoms with E-state index in [1.807, 2.05) is 50.2 Å². The molecule has 3 rings (SSSR count). The van der Waals surface area contributed by atoms with E-state index in [0.29, 0.717) is 0 Å². The average molecular weight is 351 g/mol. The molecule has 1 unspecified atom stereocenters. The summed E-state index contributed by atoms with van der Waals surface area (Å²) in [5, 5.41) is 2.92. The summed E-state index contributed by atoms with van der Waals surface area (Å²) in [5.41, 5.74) is 2.31. The number of rotatable bonds is 6. The van der Waals surface area contributed by atoms with Gasteiger partial charge in [-0.05, 0) is 17.0 Å². The van der Waals surface area contributed by atoms with Gasteiger partial charge < -0.3 is 10.1 Å². The number of esters is 1. The first-order chi connectivity index (χ1) is 12.5. The fourth-order valence-corrected chi connectivity index (χ4v) is 3.69. The second kappa shape index (κ2) is 7.73. The Morgan fingerprint density at radius 2 is 1.35 bits per heavy atom. The van der Waals surface area contributed by atoms with Crippen molar-refractivity contribution in [2.45, 2.75) is 31.7 Å². The van der Waals surface area contributed by atoms with E-state index in [9.17, 15) is 9.59 Å². The maximum atomic E-state index is 13.0. The lowest BCUT2D eigenvalue weighted by Crippen LogP contribution is -2.45. The van der Waals surface area contributed by atoms with E-state index >= 15 is 0 Å². The third kappa shape index (κ3) is 3.64. The topological polar surface area (TPSA) is 55.4 Å². The fourth-order valence-electron chi connectivity index (χ4n) is 3.69. The zero-order chi connectivity index (χ0) is 18.7. The van der Waals surface area contributed by atoms with Crippen LogP contribution in [0.5, 0.6) is 0 Å². The van der Waals surface area contributed by atoms with Crippen molar-refractivity contribution < 1.29 is 14.3 Å². The summed E-state index contributed by atoms with van der Waals surface area (Å²) in [6.45, 7) is 3.80. The number of carbonyl (C=O) groups is 2. The van der Waals surface area contributed by atoms with Gasteiger partial charge in [0.1, 0.15) is 6.04 Å². The van der Waals surface area contributed by atoms with Gasteiger partial charge >= 0.3 is 5.97 Å². The standard InChI is InChI=1S/C22H25NO3/c1-14(2)20(22(25)26-3)23-21(24)19-17(15-10-6-4-7-11-15)18(19)16-12-8-5-9-13-16/h4-14,17-20H,1-3H3,(H,23,24)/t17-,18-,20?/m0/s1. The molecule has 1 amide bonds. The Kier molecular flexibility index (Phi) is 5.40. The molecule has 0 bridgehead atoms. The molecule has 4 nitrogen and oxygen atoms in total. The SMILES string of the molecule is COC(=O)C(NC(=O)C1[C@@H](c2ccccc2)[C@@H]1c1ccccc1)C(C)C. The van der Waals surface area contributed by atoms with Gasteiger partial charge in [-0.25, -0.2) is 4.79 Å². The number of hydrogen-bond donors (Lipinski definition) is 1. The van der Waals surface area contributed by atoms with Crippen LogP contribution in [-0.2, 0) is 14.3 Å². The second-order valence-electron chi connectivity index (χ2n) is 7.15. The molecule has 1 fully saturated rings. The molecule has 0 aliphatic heterocycles. The van der Waals surface area contributed by atoms with Crippen molar-refractivity contribution in [3.05, 3.63) is 71.8 Å². The molecule has 0 spiro atoms. The zero-order valence-corrected chi connectivity index (χ0v) is 15.4. The normalized spacial score (nSPS) is 22.5. The van der Waals surface area contributed by atoms with Gasteiger partial charge in [0.15, 0.2) is 0 Å². The predicted octanol–water partition coefficient (Wildman–Crippen LogP) is 3.50. The van der Waals surface area contributed by atoms with E-state index < -0.39 is 12.0 Å². The number of benzene rings is 2. The Balaban J connectivity index is 1.84. The summed E-state index contributed by atoms with van der Waals surface area (Å²) in [6.07, 6.45) is 0. The van der Waals surface area contributed by atoms with Crippen LogP contribution in [0.15, 0.2) is 60.7 Å². The maximum absolute atomic E-state index is 13.0. The first-order valence-electron chi connectivity index (χ1n) is 9.02. The van der Waals surface area contributed by atoms with Crippen molar-refractivity contribution in [1.82, 2.24) is 5.32 Å². The minimum Gasteiger partial charge on any atom is -0.467 e. The lowest BCUT2D eigenvalue weighted by Gasteiger charge is -2.20. The molecule has 4 heteroatoms. The maximum Gasteiger partial charge on any atom is 0.328 e. The summed E-state index contributed by atoms with van der Waals surface area (Å²) in [6, 6.07) is 19.6. The van der Waals surface area contributed by atoms with Crippen LogP contribution in [0.3, 0.4) is 0 Å². The van der Waals surface area contributed by atoms with Crippen molar-refractivity contribution in [3.8, 4) is 0 Å². The van der Waals surface area contributed by atoms with E-state index in [2.05, 4.69) is 29.6 Å². The van der Waals surface area contributed by atoms with Crippen molar-refractivity contribution in [3.63, 3.8) is 0 Å². The first-order valence-corrected chi connectivity index (χ1v) is 9.02. The Bertz CT molecular complexity index is 712. The van der Waals surface area contributed by atoms with Gasteiger partial charge in [-0.3, -0.25) is 4.79 Å². The molecule has 0 aromatic heterocycles. The van der Waals surface area contributed by atoms with Crippen LogP contribution in [-0.4, -0.2) is 25.0 Å². The zero-order valence-electron chi connectivity index (χ0n) is 15.4. The molecule has 1 saturated carbocycles. The lowest BCUT2D eigenvalue weighted by atomic mass is 10.0. The van der Waals surface area contributed by atoms with Crippen molar-refractivity contribution >= 4 is 11.9 Å². The van der Waals surface area contributed by atoms with Crippen LogP contribution >= 0.6 is 0 Å². The molecule has 0 heterocycles. The Hall–Kier alpha value is -2.62. The summed E-state index contributed by atoms with van der Waals surface area (Å²) in [4.78, 5) is 25.0. The smallest absolute Gasteiger partial charge is 0.328 e. The van der Waals surface area contributed by atoms with Gasteiger partial charge in [0.25, 0.3) is 0 Å². The van der Waals surface area contributed by atoms with E-state index in [4.69, 9.17) is 4.74 Å². The average Bonchev–Trinajstić information content (AvgIpc) is 3.42. The van der Waals surface area contributed by atoms with Crippen molar-refractivity contribution in [1.29, 1.82) is 0 Å². The monoisotopic (exact) mass is 351 g/mol. The molecule has 136 valence electrons. The van der Waals surface area contributed by atoms with Crippen molar-refractivity contribution in [2.75, 3.05) is 7.11 Å². The van der Waals surface area contributed by atoms with Crippen LogP contribution in [0.1, 0.15) is 36.8 Å². The number of ether oxygens (including phenoxy) is 1. The number of methoxy groups -OCH3 is 1. The molecule has 0 saturated heterocycles. The molecular formula is C22H25NO3. The third-order valence-electron chi connectivity index (χ3n) is 5.11. The molecular weight excluding hydrogens is 326 g/mol. The number of amides is 1. The second-order valence-corrected chi connectivity index (χ2v) is 7.15. The van der Waals surface area contributed by atoms with E-state index in [0.717, 1.165) is 11.1 Å². The van der Waals surface area contributed by atoms with Crippen molar-refractivity contribution in [2.24, 2.45) is 11.8 Å². The molecule has 1 aliphatic carbocycles. The highest BCUT2D eigenvalue weighted by Gasteiger charge is 2.56. The molecule has 1 aliphatic rings. The van der Waals surface area contributed by atoms with E-state index in [1.54, 1.807) is 0 Å². The highest BCUT2D eigenvalue weighted by atomic mass is 16.5. The molecule has 0 radical (unpaired) electrons. The number of hydrogen-bond acceptors (Lipinski definition) is 3. The quantitative estimate of drug-likeness (QED) is 0.811.